The number of hydrogen-bond donors (Lipinski definition) is 1. The van der Waals surface area contributed by atoms with E-state index in [2.05, 4.69) is 42.5 Å². The lowest BCUT2D eigenvalue weighted by Crippen LogP contribution is -2.30. The van der Waals surface area contributed by atoms with Crippen LogP contribution in [0.2, 0.25) is 0 Å². The second-order valence-corrected chi connectivity index (χ2v) is 10.8. The molecule has 1 aliphatic heterocycles. The third-order valence-corrected chi connectivity index (χ3v) is 8.49. The van der Waals surface area contributed by atoms with Crippen LogP contribution in [0.4, 0.5) is 5.69 Å². The number of aliphatic carboxylic acids is 1. The van der Waals surface area contributed by atoms with Gasteiger partial charge in [-0.3, -0.25) is 9.59 Å². The zero-order valence-corrected chi connectivity index (χ0v) is 20.2. The predicted octanol–water partition coefficient (Wildman–Crippen LogP) is 6.96. The summed E-state index contributed by atoms with van der Waals surface area (Å²) in [6.45, 7) is 0.813. The molecule has 1 N–H and O–H groups in total. The Morgan fingerprint density at radius 1 is 0.794 bits per heavy atom. The van der Waals surface area contributed by atoms with Crippen LogP contribution in [0.3, 0.4) is 0 Å². The first-order chi connectivity index (χ1) is 16.6. The van der Waals surface area contributed by atoms with Crippen molar-refractivity contribution in [2.75, 3.05) is 11.4 Å². The number of carboxylic acids is 1. The molecule has 2 saturated carbocycles. The van der Waals surface area contributed by atoms with E-state index in [4.69, 9.17) is 5.11 Å². The van der Waals surface area contributed by atoms with Crippen LogP contribution in [0.15, 0.2) is 42.5 Å². The summed E-state index contributed by atoms with van der Waals surface area (Å²) in [4.78, 5) is 26.0. The Morgan fingerprint density at radius 2 is 1.47 bits per heavy atom. The fourth-order valence-electron chi connectivity index (χ4n) is 6.48. The summed E-state index contributed by atoms with van der Waals surface area (Å²) in [6, 6.07) is 15.5. The van der Waals surface area contributed by atoms with Gasteiger partial charge in [-0.15, -0.1) is 0 Å². The van der Waals surface area contributed by atoms with Gasteiger partial charge in [0, 0.05) is 25.1 Å². The van der Waals surface area contributed by atoms with Gasteiger partial charge in [0.05, 0.1) is 0 Å². The lowest BCUT2D eigenvalue weighted by molar-refractivity contribution is -0.138. The van der Waals surface area contributed by atoms with Gasteiger partial charge in [0.1, 0.15) is 0 Å². The molecule has 34 heavy (non-hydrogen) atoms. The minimum atomic E-state index is -0.668. The SMILES string of the molecule is O=C(O)CC1CCC(c2ccc(-c3ccc4c(c3)CCN4C(=O)CC3CCCCC3)cc2)CC1. The molecule has 1 heterocycles. The van der Waals surface area contributed by atoms with E-state index in [0.29, 0.717) is 36.5 Å². The first kappa shape index (κ1) is 23.1. The normalized spacial score (nSPS) is 23.0. The Bertz CT molecular complexity index is 1010. The molecule has 0 aromatic heterocycles. The minimum Gasteiger partial charge on any atom is -0.481 e. The quantitative estimate of drug-likeness (QED) is 0.508. The number of hydrogen-bond acceptors (Lipinski definition) is 2. The van der Waals surface area contributed by atoms with E-state index in [1.807, 2.05) is 4.90 Å². The predicted molar refractivity (Wildman–Crippen MR) is 136 cm³/mol. The summed E-state index contributed by atoms with van der Waals surface area (Å²) in [5, 5.41) is 9.03. The second kappa shape index (κ2) is 10.3. The van der Waals surface area contributed by atoms with Crippen molar-refractivity contribution in [3.8, 4) is 11.1 Å². The third kappa shape index (κ3) is 5.21. The third-order valence-electron chi connectivity index (χ3n) is 8.49. The average molecular weight is 460 g/mol. The van der Waals surface area contributed by atoms with Crippen LogP contribution in [0, 0.1) is 11.8 Å². The molecular formula is C30H37NO3. The largest absolute Gasteiger partial charge is 0.481 e. The Hall–Kier alpha value is -2.62. The fourth-order valence-corrected chi connectivity index (χ4v) is 6.48. The maximum absolute atomic E-state index is 13.0. The Morgan fingerprint density at radius 3 is 2.18 bits per heavy atom. The van der Waals surface area contributed by atoms with Gasteiger partial charge < -0.3 is 10.0 Å². The number of fused-ring (bicyclic) bond motifs is 1. The highest BCUT2D eigenvalue weighted by atomic mass is 16.4. The fraction of sp³-hybridized carbons (Fsp3) is 0.533. The second-order valence-electron chi connectivity index (χ2n) is 10.8. The number of carboxylic acid groups (broad SMARTS) is 1. The van der Waals surface area contributed by atoms with Crippen LogP contribution in [-0.2, 0) is 16.0 Å². The van der Waals surface area contributed by atoms with E-state index >= 15 is 0 Å². The van der Waals surface area contributed by atoms with E-state index < -0.39 is 5.97 Å². The van der Waals surface area contributed by atoms with Crippen LogP contribution >= 0.6 is 0 Å². The maximum Gasteiger partial charge on any atom is 0.303 e. The van der Waals surface area contributed by atoms with Crippen LogP contribution in [-0.4, -0.2) is 23.5 Å². The van der Waals surface area contributed by atoms with Crippen LogP contribution in [0.25, 0.3) is 11.1 Å². The zero-order chi connectivity index (χ0) is 23.5. The lowest BCUT2D eigenvalue weighted by atomic mass is 9.77. The van der Waals surface area contributed by atoms with Crippen molar-refractivity contribution in [1.29, 1.82) is 0 Å². The van der Waals surface area contributed by atoms with Crippen LogP contribution in [0.1, 0.15) is 87.7 Å². The Labute approximate surface area is 203 Å². The summed E-state index contributed by atoms with van der Waals surface area (Å²) in [5.74, 6) is 1.10. The number of nitrogens with zero attached hydrogens (tertiary/aromatic N) is 1. The van der Waals surface area contributed by atoms with Crippen molar-refractivity contribution in [3.63, 3.8) is 0 Å². The highest BCUT2D eigenvalue weighted by Crippen LogP contribution is 2.38. The van der Waals surface area contributed by atoms with E-state index in [0.717, 1.165) is 44.3 Å². The van der Waals surface area contributed by atoms with Gasteiger partial charge in [-0.2, -0.15) is 0 Å². The standard InChI is InChI=1S/C30H37NO3/c32-29(18-21-4-2-1-3-5-21)31-17-16-27-20-26(14-15-28(27)31)25-12-10-24(11-13-25)23-8-6-22(7-9-23)19-30(33)34/h10-15,20-23H,1-9,16-19H2,(H,33,34). The number of rotatable bonds is 6. The lowest BCUT2D eigenvalue weighted by Gasteiger charge is -2.28. The van der Waals surface area contributed by atoms with Gasteiger partial charge >= 0.3 is 5.97 Å². The van der Waals surface area contributed by atoms with Gasteiger partial charge in [0.25, 0.3) is 0 Å². The van der Waals surface area contributed by atoms with E-state index in [-0.39, 0.29) is 0 Å². The molecule has 0 bridgehead atoms. The van der Waals surface area contributed by atoms with Crippen molar-refractivity contribution in [2.45, 2.75) is 83.0 Å². The molecule has 2 aromatic rings. The van der Waals surface area contributed by atoms with Crippen molar-refractivity contribution >= 4 is 17.6 Å². The minimum absolute atomic E-state index is 0.306. The van der Waals surface area contributed by atoms with E-state index in [1.54, 1.807) is 0 Å². The molecule has 5 rings (SSSR count). The van der Waals surface area contributed by atoms with Gasteiger partial charge in [-0.25, -0.2) is 0 Å². The maximum atomic E-state index is 13.0. The van der Waals surface area contributed by atoms with Gasteiger partial charge in [0.2, 0.25) is 5.91 Å². The summed E-state index contributed by atoms with van der Waals surface area (Å²) < 4.78 is 0. The molecule has 3 aliphatic rings. The molecule has 0 unspecified atom stereocenters. The van der Waals surface area contributed by atoms with E-state index in [9.17, 15) is 9.59 Å². The molecular weight excluding hydrogens is 422 g/mol. The molecule has 2 aliphatic carbocycles. The molecule has 180 valence electrons. The zero-order valence-electron chi connectivity index (χ0n) is 20.2. The molecule has 0 spiro atoms. The van der Waals surface area contributed by atoms with Crippen molar-refractivity contribution < 1.29 is 14.7 Å². The Balaban J connectivity index is 1.22. The van der Waals surface area contributed by atoms with Gasteiger partial charge in [0.15, 0.2) is 0 Å². The molecule has 0 radical (unpaired) electrons. The average Bonchev–Trinajstić information content (AvgIpc) is 3.28. The van der Waals surface area contributed by atoms with Crippen molar-refractivity contribution in [3.05, 3.63) is 53.6 Å². The smallest absolute Gasteiger partial charge is 0.303 e. The van der Waals surface area contributed by atoms with Crippen LogP contribution < -0.4 is 4.90 Å². The van der Waals surface area contributed by atoms with Crippen LogP contribution in [0.5, 0.6) is 0 Å². The van der Waals surface area contributed by atoms with Crippen molar-refractivity contribution in [1.82, 2.24) is 0 Å². The molecule has 4 heteroatoms. The highest BCUT2D eigenvalue weighted by Gasteiger charge is 2.28. The van der Waals surface area contributed by atoms with Gasteiger partial charge in [-0.1, -0.05) is 49.6 Å². The van der Waals surface area contributed by atoms with E-state index in [1.165, 1.54) is 54.4 Å². The highest BCUT2D eigenvalue weighted by molar-refractivity contribution is 5.96. The summed E-state index contributed by atoms with van der Waals surface area (Å²) in [7, 11) is 0. The number of amides is 1. The molecule has 0 atom stereocenters. The summed E-state index contributed by atoms with van der Waals surface area (Å²) in [6.07, 6.45) is 12.5. The molecule has 2 aromatic carbocycles. The Kier molecular flexibility index (Phi) is 7.03. The number of anilines is 1. The molecule has 2 fully saturated rings. The summed E-state index contributed by atoms with van der Waals surface area (Å²) >= 11 is 0. The first-order valence-corrected chi connectivity index (χ1v) is 13.3. The van der Waals surface area contributed by atoms with Gasteiger partial charge in [-0.05, 0) is 97.1 Å². The first-order valence-electron chi connectivity index (χ1n) is 13.3. The monoisotopic (exact) mass is 459 g/mol. The molecule has 4 nitrogen and oxygen atoms in total. The van der Waals surface area contributed by atoms with Crippen molar-refractivity contribution in [2.24, 2.45) is 11.8 Å². The number of benzene rings is 2. The molecule has 1 amide bonds. The number of carbonyl (C=O) groups is 2. The number of carbonyl (C=O) groups excluding carboxylic acids is 1. The summed E-state index contributed by atoms with van der Waals surface area (Å²) in [5.41, 5.74) is 6.21. The molecule has 0 saturated heterocycles. The topological polar surface area (TPSA) is 57.6 Å².